The van der Waals surface area contributed by atoms with Gasteiger partial charge in [0, 0.05) is 5.56 Å². The molecular formula is C14H14BrN3O2. The summed E-state index contributed by atoms with van der Waals surface area (Å²) in [5, 5.41) is 2.80. The number of halogens is 1. The number of nitrogen functional groups attached to an aromatic ring is 1. The smallest absolute Gasteiger partial charge is 0.255 e. The van der Waals surface area contributed by atoms with Gasteiger partial charge in [-0.1, -0.05) is 0 Å². The fourth-order valence-electron chi connectivity index (χ4n) is 1.73. The van der Waals surface area contributed by atoms with Crippen LogP contribution in [0.5, 0.6) is 5.75 Å². The van der Waals surface area contributed by atoms with Crippen molar-refractivity contribution in [1.82, 2.24) is 4.98 Å². The number of nitrogens with two attached hydrogens (primary N) is 1. The topological polar surface area (TPSA) is 77.2 Å². The van der Waals surface area contributed by atoms with Crippen molar-refractivity contribution < 1.29 is 9.53 Å². The van der Waals surface area contributed by atoms with Gasteiger partial charge in [0.2, 0.25) is 0 Å². The first-order chi connectivity index (χ1) is 9.51. The quantitative estimate of drug-likeness (QED) is 0.667. The maximum atomic E-state index is 12.2. The second-order valence-electron chi connectivity index (χ2n) is 4.18. The summed E-state index contributed by atoms with van der Waals surface area (Å²) in [5.74, 6) is 0.301. The third-order valence-corrected chi connectivity index (χ3v) is 3.23. The molecule has 3 N–H and O–H groups in total. The van der Waals surface area contributed by atoms with E-state index in [9.17, 15) is 4.79 Å². The first kappa shape index (κ1) is 14.3. The number of nitrogens with one attached hydrogen (secondary N) is 1. The molecule has 0 spiro atoms. The molecule has 1 aromatic carbocycles. The van der Waals surface area contributed by atoms with Crippen LogP contribution in [0.25, 0.3) is 0 Å². The maximum Gasteiger partial charge on any atom is 0.255 e. The van der Waals surface area contributed by atoms with Gasteiger partial charge >= 0.3 is 0 Å². The molecule has 1 aromatic heterocycles. The fourth-order valence-corrected chi connectivity index (χ4v) is 2.13. The van der Waals surface area contributed by atoms with Gasteiger partial charge in [-0.05, 0) is 53.2 Å². The summed E-state index contributed by atoms with van der Waals surface area (Å²) in [4.78, 5) is 16.4. The Balaban J connectivity index is 2.21. The van der Waals surface area contributed by atoms with E-state index >= 15 is 0 Å². The molecule has 0 fully saturated rings. The minimum atomic E-state index is -0.244. The van der Waals surface area contributed by atoms with E-state index < -0.39 is 0 Å². The van der Waals surface area contributed by atoms with Crippen LogP contribution in [0.3, 0.4) is 0 Å². The van der Waals surface area contributed by atoms with Gasteiger partial charge in [-0.3, -0.25) is 4.79 Å². The van der Waals surface area contributed by atoms with E-state index in [0.717, 1.165) is 10.3 Å². The van der Waals surface area contributed by atoms with Crippen LogP contribution in [0.4, 0.5) is 11.4 Å². The standard InChI is InChI=1S/C14H14BrN3O2/c1-8-11(4-6-13(15)17-8)18-14(19)9-3-5-12(20-2)10(16)7-9/h3-7H,16H2,1-2H3,(H,18,19). The molecule has 2 aromatic rings. The van der Waals surface area contributed by atoms with E-state index in [2.05, 4.69) is 26.2 Å². The van der Waals surface area contributed by atoms with Crippen LogP contribution in [-0.2, 0) is 0 Å². The van der Waals surface area contributed by atoms with E-state index in [-0.39, 0.29) is 5.91 Å². The molecule has 0 saturated heterocycles. The van der Waals surface area contributed by atoms with Crippen molar-refractivity contribution in [3.8, 4) is 5.75 Å². The number of ether oxygens (including phenoxy) is 1. The van der Waals surface area contributed by atoms with Crippen molar-refractivity contribution in [3.63, 3.8) is 0 Å². The molecule has 2 rings (SSSR count). The van der Waals surface area contributed by atoms with Gasteiger partial charge in [0.1, 0.15) is 10.4 Å². The van der Waals surface area contributed by atoms with Gasteiger partial charge in [0.15, 0.2) is 0 Å². The van der Waals surface area contributed by atoms with Crippen molar-refractivity contribution in [2.75, 3.05) is 18.2 Å². The minimum absolute atomic E-state index is 0.244. The van der Waals surface area contributed by atoms with Crippen molar-refractivity contribution >= 4 is 33.2 Å². The number of benzene rings is 1. The number of amides is 1. The van der Waals surface area contributed by atoms with E-state index in [0.29, 0.717) is 22.7 Å². The van der Waals surface area contributed by atoms with Gasteiger partial charge in [-0.2, -0.15) is 0 Å². The van der Waals surface area contributed by atoms with Crippen LogP contribution in [0, 0.1) is 6.92 Å². The Bertz CT molecular complexity index is 659. The summed E-state index contributed by atoms with van der Waals surface area (Å²) >= 11 is 3.28. The largest absolute Gasteiger partial charge is 0.495 e. The molecule has 0 unspecified atom stereocenters. The molecule has 5 nitrogen and oxygen atoms in total. The number of carbonyl (C=O) groups excluding carboxylic acids is 1. The van der Waals surface area contributed by atoms with E-state index in [1.807, 2.05) is 6.92 Å². The molecule has 0 aliphatic heterocycles. The first-order valence-corrected chi connectivity index (χ1v) is 6.68. The molecule has 0 aliphatic carbocycles. The number of anilines is 2. The first-order valence-electron chi connectivity index (χ1n) is 5.89. The number of hydrogen-bond acceptors (Lipinski definition) is 4. The van der Waals surface area contributed by atoms with E-state index in [1.54, 1.807) is 30.3 Å². The summed E-state index contributed by atoms with van der Waals surface area (Å²) in [5.41, 5.74) is 8.07. The molecule has 0 atom stereocenters. The van der Waals surface area contributed by atoms with Crippen molar-refractivity contribution in [2.24, 2.45) is 0 Å². The second-order valence-corrected chi connectivity index (χ2v) is 4.99. The van der Waals surface area contributed by atoms with Gasteiger partial charge in [-0.25, -0.2) is 4.98 Å². The molecule has 6 heteroatoms. The summed E-state index contributed by atoms with van der Waals surface area (Å²) < 4.78 is 5.78. The number of rotatable bonds is 3. The zero-order valence-electron chi connectivity index (χ0n) is 11.1. The van der Waals surface area contributed by atoms with Crippen LogP contribution >= 0.6 is 15.9 Å². The van der Waals surface area contributed by atoms with Gasteiger partial charge in [-0.15, -0.1) is 0 Å². The number of aryl methyl sites for hydroxylation is 1. The Labute approximate surface area is 125 Å². The van der Waals surface area contributed by atoms with Gasteiger partial charge in [0.05, 0.1) is 24.2 Å². The number of nitrogens with zero attached hydrogens (tertiary/aromatic N) is 1. The summed E-state index contributed by atoms with van der Waals surface area (Å²) in [7, 11) is 1.53. The molecule has 20 heavy (non-hydrogen) atoms. The van der Waals surface area contributed by atoms with E-state index in [4.69, 9.17) is 10.5 Å². The van der Waals surface area contributed by atoms with Crippen LogP contribution in [0.2, 0.25) is 0 Å². The van der Waals surface area contributed by atoms with Gasteiger partial charge < -0.3 is 15.8 Å². The Morgan fingerprint density at radius 3 is 2.70 bits per heavy atom. The SMILES string of the molecule is COc1ccc(C(=O)Nc2ccc(Br)nc2C)cc1N. The van der Waals surface area contributed by atoms with Crippen LogP contribution in [0.1, 0.15) is 16.1 Å². The third kappa shape index (κ3) is 3.08. The molecule has 1 heterocycles. The third-order valence-electron chi connectivity index (χ3n) is 2.79. The highest BCUT2D eigenvalue weighted by molar-refractivity contribution is 9.10. The monoisotopic (exact) mass is 335 g/mol. The van der Waals surface area contributed by atoms with Crippen molar-refractivity contribution in [2.45, 2.75) is 6.92 Å². The number of carbonyl (C=O) groups is 1. The van der Waals surface area contributed by atoms with Gasteiger partial charge in [0.25, 0.3) is 5.91 Å². The Morgan fingerprint density at radius 2 is 2.10 bits per heavy atom. The highest BCUT2D eigenvalue weighted by Gasteiger charge is 2.10. The molecule has 0 bridgehead atoms. The van der Waals surface area contributed by atoms with Crippen LogP contribution in [-0.4, -0.2) is 18.0 Å². The molecule has 0 aliphatic rings. The fraction of sp³-hybridized carbons (Fsp3) is 0.143. The average Bonchev–Trinajstić information content (AvgIpc) is 2.41. The highest BCUT2D eigenvalue weighted by atomic mass is 79.9. The molecule has 0 radical (unpaired) electrons. The highest BCUT2D eigenvalue weighted by Crippen LogP contribution is 2.23. The summed E-state index contributed by atoms with van der Waals surface area (Å²) in [6.45, 7) is 1.82. The van der Waals surface area contributed by atoms with Crippen LogP contribution < -0.4 is 15.8 Å². The zero-order valence-corrected chi connectivity index (χ0v) is 12.7. The second kappa shape index (κ2) is 5.92. The zero-order chi connectivity index (χ0) is 14.7. The molecule has 1 amide bonds. The average molecular weight is 336 g/mol. The lowest BCUT2D eigenvalue weighted by atomic mass is 10.1. The Kier molecular flexibility index (Phi) is 4.24. The number of methoxy groups -OCH3 is 1. The summed E-state index contributed by atoms with van der Waals surface area (Å²) in [6.07, 6.45) is 0. The number of hydrogen-bond donors (Lipinski definition) is 2. The predicted molar refractivity (Wildman–Crippen MR) is 82.0 cm³/mol. The Hall–Kier alpha value is -2.08. The minimum Gasteiger partial charge on any atom is -0.495 e. The van der Waals surface area contributed by atoms with E-state index in [1.165, 1.54) is 7.11 Å². The predicted octanol–water partition coefficient (Wildman–Crippen LogP) is 3.00. The molecule has 104 valence electrons. The number of aromatic nitrogens is 1. The molecule has 0 saturated carbocycles. The lowest BCUT2D eigenvalue weighted by molar-refractivity contribution is 0.102. The Morgan fingerprint density at radius 1 is 1.35 bits per heavy atom. The number of pyridine rings is 1. The lowest BCUT2D eigenvalue weighted by Gasteiger charge is -2.10. The lowest BCUT2D eigenvalue weighted by Crippen LogP contribution is -2.13. The summed E-state index contributed by atoms with van der Waals surface area (Å²) in [6, 6.07) is 8.46. The molecular weight excluding hydrogens is 322 g/mol. The maximum absolute atomic E-state index is 12.2. The van der Waals surface area contributed by atoms with Crippen molar-refractivity contribution in [3.05, 3.63) is 46.2 Å². The normalized spacial score (nSPS) is 10.2. The van der Waals surface area contributed by atoms with Crippen LogP contribution in [0.15, 0.2) is 34.9 Å². The van der Waals surface area contributed by atoms with Crippen molar-refractivity contribution in [1.29, 1.82) is 0 Å².